The molecule has 0 amide bonds. The van der Waals surface area contributed by atoms with Crippen molar-refractivity contribution in [3.8, 4) is 0 Å². The number of rotatable bonds is 2. The molecule has 1 nitrogen and oxygen atoms in total. The van der Waals surface area contributed by atoms with Gasteiger partial charge < -0.3 is 5.73 Å². The van der Waals surface area contributed by atoms with Gasteiger partial charge in [0.05, 0.1) is 0 Å². The molecular weight excluding hydrogens is 298 g/mol. The minimum atomic E-state index is 0.200. The third-order valence-electron chi connectivity index (χ3n) is 5.05. The topological polar surface area (TPSA) is 26.0 Å². The zero-order chi connectivity index (χ0) is 13.0. The Bertz CT molecular complexity index is 626. The third kappa shape index (κ3) is 1.93. The second-order valence-electron chi connectivity index (χ2n) is 6.20. The second kappa shape index (κ2) is 4.32. The van der Waals surface area contributed by atoms with Crippen molar-refractivity contribution in [2.75, 3.05) is 0 Å². The summed E-state index contributed by atoms with van der Waals surface area (Å²) in [4.78, 5) is 0. The van der Waals surface area contributed by atoms with E-state index in [4.69, 9.17) is 5.73 Å². The van der Waals surface area contributed by atoms with Gasteiger partial charge in [0, 0.05) is 10.5 Å². The molecule has 2 fully saturated rings. The molecule has 0 heterocycles. The van der Waals surface area contributed by atoms with Gasteiger partial charge in [0.1, 0.15) is 0 Å². The lowest BCUT2D eigenvalue weighted by molar-refractivity contribution is 0.406. The van der Waals surface area contributed by atoms with Crippen LogP contribution in [0.3, 0.4) is 0 Å². The van der Waals surface area contributed by atoms with E-state index in [0.717, 1.165) is 16.3 Å². The largest absolute Gasteiger partial charge is 0.324 e. The van der Waals surface area contributed by atoms with Gasteiger partial charge in [0.25, 0.3) is 0 Å². The standard InChI is InChI=1S/C17H18BrN/c18-16-6-5-15(13-3-1-2-4-14(13)16)17(19)12-8-10-7-11(10)9-12/h1-6,10-12,17H,7-9,19H2. The molecule has 4 rings (SSSR count). The van der Waals surface area contributed by atoms with Crippen molar-refractivity contribution in [3.63, 3.8) is 0 Å². The van der Waals surface area contributed by atoms with Crippen molar-refractivity contribution in [3.05, 3.63) is 46.4 Å². The Kier molecular flexibility index (Phi) is 2.71. The maximum absolute atomic E-state index is 6.58. The molecule has 2 N–H and O–H groups in total. The maximum Gasteiger partial charge on any atom is 0.0329 e. The van der Waals surface area contributed by atoms with Crippen LogP contribution in [0.25, 0.3) is 10.8 Å². The van der Waals surface area contributed by atoms with Crippen LogP contribution in [0.4, 0.5) is 0 Å². The van der Waals surface area contributed by atoms with Gasteiger partial charge in [-0.25, -0.2) is 0 Å². The summed E-state index contributed by atoms with van der Waals surface area (Å²) in [6, 6.07) is 13.1. The Morgan fingerprint density at radius 3 is 2.37 bits per heavy atom. The lowest BCUT2D eigenvalue weighted by atomic mass is 9.87. The van der Waals surface area contributed by atoms with Crippen LogP contribution in [0, 0.1) is 17.8 Å². The third-order valence-corrected chi connectivity index (χ3v) is 5.74. The van der Waals surface area contributed by atoms with Crippen LogP contribution in [0.5, 0.6) is 0 Å². The first-order chi connectivity index (χ1) is 9.24. The summed E-state index contributed by atoms with van der Waals surface area (Å²) in [5.41, 5.74) is 7.91. The summed E-state index contributed by atoms with van der Waals surface area (Å²) in [6.45, 7) is 0. The predicted molar refractivity (Wildman–Crippen MR) is 82.9 cm³/mol. The van der Waals surface area contributed by atoms with E-state index in [-0.39, 0.29) is 6.04 Å². The molecule has 0 aliphatic heterocycles. The highest BCUT2D eigenvalue weighted by Crippen LogP contribution is 2.57. The molecule has 2 aromatic carbocycles. The van der Waals surface area contributed by atoms with Gasteiger partial charge in [-0.1, -0.05) is 46.3 Å². The smallest absolute Gasteiger partial charge is 0.0329 e. The summed E-state index contributed by atoms with van der Waals surface area (Å²) < 4.78 is 1.16. The van der Waals surface area contributed by atoms with E-state index < -0.39 is 0 Å². The first-order valence-corrected chi connectivity index (χ1v) is 7.96. The van der Waals surface area contributed by atoms with Crippen LogP contribution in [0.15, 0.2) is 40.9 Å². The zero-order valence-corrected chi connectivity index (χ0v) is 12.4. The van der Waals surface area contributed by atoms with E-state index in [0.29, 0.717) is 5.92 Å². The molecule has 98 valence electrons. The lowest BCUT2D eigenvalue weighted by Crippen LogP contribution is -2.20. The Labute approximate surface area is 122 Å². The number of halogens is 1. The fraction of sp³-hybridized carbons (Fsp3) is 0.412. The van der Waals surface area contributed by atoms with Gasteiger partial charge in [-0.15, -0.1) is 0 Å². The fourth-order valence-electron chi connectivity index (χ4n) is 3.89. The molecule has 0 spiro atoms. The average Bonchev–Trinajstić information content (AvgIpc) is 3.05. The summed E-state index contributed by atoms with van der Waals surface area (Å²) in [5.74, 6) is 2.68. The second-order valence-corrected chi connectivity index (χ2v) is 7.05. The van der Waals surface area contributed by atoms with Crippen molar-refractivity contribution in [2.24, 2.45) is 23.5 Å². The van der Waals surface area contributed by atoms with Gasteiger partial charge in [0.2, 0.25) is 0 Å². The van der Waals surface area contributed by atoms with Crippen LogP contribution in [0.2, 0.25) is 0 Å². The summed E-state index contributed by atoms with van der Waals surface area (Å²) >= 11 is 3.64. The van der Waals surface area contributed by atoms with Gasteiger partial charge in [-0.2, -0.15) is 0 Å². The van der Waals surface area contributed by atoms with Crippen molar-refractivity contribution >= 4 is 26.7 Å². The Morgan fingerprint density at radius 2 is 1.63 bits per heavy atom. The molecule has 3 unspecified atom stereocenters. The molecule has 2 heteroatoms. The molecule has 0 aromatic heterocycles. The molecule has 2 saturated carbocycles. The number of benzene rings is 2. The normalized spacial score (nSPS) is 30.3. The molecule has 3 atom stereocenters. The van der Waals surface area contributed by atoms with Crippen molar-refractivity contribution < 1.29 is 0 Å². The quantitative estimate of drug-likeness (QED) is 0.857. The molecule has 0 bridgehead atoms. The minimum Gasteiger partial charge on any atom is -0.324 e. The first-order valence-electron chi connectivity index (χ1n) is 7.17. The number of fused-ring (bicyclic) bond motifs is 2. The van der Waals surface area contributed by atoms with E-state index in [1.54, 1.807) is 0 Å². The van der Waals surface area contributed by atoms with E-state index in [1.165, 1.54) is 35.6 Å². The Hall–Kier alpha value is -0.860. The molecule has 0 saturated heterocycles. The highest BCUT2D eigenvalue weighted by atomic mass is 79.9. The van der Waals surface area contributed by atoms with E-state index in [2.05, 4.69) is 52.3 Å². The van der Waals surface area contributed by atoms with Crippen molar-refractivity contribution in [1.82, 2.24) is 0 Å². The average molecular weight is 316 g/mol. The predicted octanol–water partition coefficient (Wildman–Crippen LogP) is 4.65. The summed E-state index contributed by atoms with van der Waals surface area (Å²) in [6.07, 6.45) is 4.15. The monoisotopic (exact) mass is 315 g/mol. The SMILES string of the molecule is NC(c1ccc(Br)c2ccccc12)C1CC2CC2C1. The summed E-state index contributed by atoms with van der Waals surface area (Å²) in [5, 5.41) is 2.59. The zero-order valence-electron chi connectivity index (χ0n) is 10.9. The molecule has 2 aromatic rings. The molecule has 0 radical (unpaired) electrons. The Balaban J connectivity index is 1.76. The minimum absolute atomic E-state index is 0.200. The van der Waals surface area contributed by atoms with E-state index >= 15 is 0 Å². The van der Waals surface area contributed by atoms with E-state index in [1.807, 2.05) is 0 Å². The number of nitrogens with two attached hydrogens (primary N) is 1. The molecule has 2 aliphatic rings. The highest BCUT2D eigenvalue weighted by Gasteiger charge is 2.47. The number of hydrogen-bond acceptors (Lipinski definition) is 1. The molecular formula is C17H18BrN. The fourth-order valence-corrected chi connectivity index (χ4v) is 4.36. The summed E-state index contributed by atoms with van der Waals surface area (Å²) in [7, 11) is 0. The maximum atomic E-state index is 6.58. The van der Waals surface area contributed by atoms with E-state index in [9.17, 15) is 0 Å². The van der Waals surface area contributed by atoms with Crippen LogP contribution >= 0.6 is 15.9 Å². The number of hydrogen-bond donors (Lipinski definition) is 1. The van der Waals surface area contributed by atoms with Gasteiger partial charge in [0.15, 0.2) is 0 Å². The first kappa shape index (κ1) is 11.9. The molecule has 19 heavy (non-hydrogen) atoms. The van der Waals surface area contributed by atoms with Crippen LogP contribution in [-0.2, 0) is 0 Å². The molecule has 2 aliphatic carbocycles. The highest BCUT2D eigenvalue weighted by molar-refractivity contribution is 9.10. The van der Waals surface area contributed by atoms with Crippen molar-refractivity contribution in [1.29, 1.82) is 0 Å². The van der Waals surface area contributed by atoms with Crippen molar-refractivity contribution in [2.45, 2.75) is 25.3 Å². The van der Waals surface area contributed by atoms with Crippen LogP contribution in [-0.4, -0.2) is 0 Å². The van der Waals surface area contributed by atoms with Crippen LogP contribution < -0.4 is 5.73 Å². The Morgan fingerprint density at radius 1 is 0.947 bits per heavy atom. The van der Waals surface area contributed by atoms with Gasteiger partial charge >= 0.3 is 0 Å². The van der Waals surface area contributed by atoms with Crippen LogP contribution in [0.1, 0.15) is 30.9 Å². The van der Waals surface area contributed by atoms with Gasteiger partial charge in [-0.05, 0) is 59.4 Å². The lowest BCUT2D eigenvalue weighted by Gasteiger charge is -2.23. The van der Waals surface area contributed by atoms with Gasteiger partial charge in [-0.3, -0.25) is 0 Å².